The smallest absolute Gasteiger partial charge is 0.873 e. The Morgan fingerprint density at radius 3 is 1.06 bits per heavy atom. The average Bonchev–Trinajstić information content (AvgIpc) is 2.05. The first-order valence-corrected chi connectivity index (χ1v) is 5.57. The summed E-state index contributed by atoms with van der Waals surface area (Å²) >= 11 is 0. The second-order valence-corrected chi connectivity index (χ2v) is 6.32. The molecule has 0 saturated heterocycles. The normalized spacial score (nSPS) is 11.4. The van der Waals surface area contributed by atoms with Gasteiger partial charge >= 0.3 is 34.1 Å². The predicted octanol–water partition coefficient (Wildman–Crippen LogP) is 2.42. The maximum absolute atomic E-state index is 12.0. The minimum atomic E-state index is -0.347. The van der Waals surface area contributed by atoms with Gasteiger partial charge in [-0.25, -0.2) is 0 Å². The fourth-order valence-corrected chi connectivity index (χ4v) is 1.74. The van der Waals surface area contributed by atoms with E-state index >= 15 is 0 Å². The maximum atomic E-state index is 12.0. The monoisotopic (exact) mass is 346 g/mol. The third-order valence-corrected chi connectivity index (χ3v) is 2.73. The molecule has 2 nitrogen and oxygen atoms in total. The molecule has 0 saturated carbocycles. The van der Waals surface area contributed by atoms with E-state index in [1.165, 1.54) is 0 Å². The third-order valence-electron chi connectivity index (χ3n) is 2.73. The van der Waals surface area contributed by atoms with E-state index in [1.54, 1.807) is 12.1 Å². The Morgan fingerprint density at radius 1 is 0.667 bits per heavy atom. The van der Waals surface area contributed by atoms with Crippen LogP contribution < -0.4 is 10.2 Å². The Morgan fingerprint density at radius 2 is 0.889 bits per heavy atom. The van der Waals surface area contributed by atoms with Crippen LogP contribution in [0.15, 0.2) is 12.1 Å². The molecule has 110 valence electrons. The van der Waals surface area contributed by atoms with E-state index in [9.17, 15) is 10.2 Å². The van der Waals surface area contributed by atoms with Crippen molar-refractivity contribution < 1.29 is 44.4 Å². The van der Waals surface area contributed by atoms with Crippen molar-refractivity contribution in [2.24, 2.45) is 0 Å². The summed E-state index contributed by atoms with van der Waals surface area (Å²) in [5.74, 6) is -0.695. The van der Waals surface area contributed by atoms with Gasteiger partial charge in [-0.15, -0.1) is 11.5 Å². The fraction of sp³-hybridized carbons (Fsp3) is 0.571. The van der Waals surface area contributed by atoms with Crippen LogP contribution in [0.3, 0.4) is 0 Å². The average molecular weight is 347 g/mol. The summed E-state index contributed by atoms with van der Waals surface area (Å²) in [5, 5.41) is 23.9. The van der Waals surface area contributed by atoms with Gasteiger partial charge < -0.3 is 10.2 Å². The van der Waals surface area contributed by atoms with Gasteiger partial charge in [0.25, 0.3) is 0 Å². The Bertz CT molecular complexity index is 362. The van der Waals surface area contributed by atoms with Crippen LogP contribution in [0, 0.1) is 0 Å². The molecular formula is C14H20Cu2O2. The Balaban J connectivity index is 0. The zero-order chi connectivity index (χ0) is 12.7. The van der Waals surface area contributed by atoms with E-state index in [1.807, 2.05) is 41.5 Å². The molecule has 0 aromatic heterocycles. The van der Waals surface area contributed by atoms with Crippen LogP contribution in [0.1, 0.15) is 52.7 Å². The topological polar surface area (TPSA) is 46.1 Å². The Kier molecular flexibility index (Phi) is 7.11. The molecule has 18 heavy (non-hydrogen) atoms. The quantitative estimate of drug-likeness (QED) is 0.677. The minimum absolute atomic E-state index is 0. The molecular weight excluding hydrogens is 327 g/mol. The van der Waals surface area contributed by atoms with Gasteiger partial charge in [0.1, 0.15) is 0 Å². The molecule has 0 aliphatic carbocycles. The SMILES string of the molecule is CC(C)(C)c1ccc(C(C)(C)C)c([O-])c1[O-].[Cu+].[Cu+]. The third kappa shape index (κ3) is 4.20. The molecule has 4 heteroatoms. The van der Waals surface area contributed by atoms with Crippen molar-refractivity contribution in [1.29, 1.82) is 0 Å². The number of benzene rings is 1. The summed E-state index contributed by atoms with van der Waals surface area (Å²) in [6.45, 7) is 11.7. The second kappa shape index (κ2) is 6.34. The summed E-state index contributed by atoms with van der Waals surface area (Å²) < 4.78 is 0. The van der Waals surface area contributed by atoms with E-state index in [4.69, 9.17) is 0 Å². The second-order valence-electron chi connectivity index (χ2n) is 6.32. The van der Waals surface area contributed by atoms with E-state index in [-0.39, 0.29) is 56.5 Å². The zero-order valence-electron chi connectivity index (χ0n) is 11.6. The van der Waals surface area contributed by atoms with Gasteiger partial charge in [-0.05, 0) is 10.8 Å². The molecule has 1 rings (SSSR count). The molecule has 0 heterocycles. The van der Waals surface area contributed by atoms with Gasteiger partial charge in [0.05, 0.1) is 0 Å². The Hall–Kier alpha value is -0.141. The van der Waals surface area contributed by atoms with Gasteiger partial charge in [-0.2, -0.15) is 0 Å². The van der Waals surface area contributed by atoms with Gasteiger partial charge in [-0.3, -0.25) is 0 Å². The molecule has 0 aliphatic rings. The number of rotatable bonds is 0. The van der Waals surface area contributed by atoms with Crippen molar-refractivity contribution in [3.05, 3.63) is 23.3 Å². The van der Waals surface area contributed by atoms with Crippen molar-refractivity contribution in [3.8, 4) is 11.5 Å². The van der Waals surface area contributed by atoms with Crippen LogP contribution in [0.25, 0.3) is 0 Å². The zero-order valence-corrected chi connectivity index (χ0v) is 13.5. The van der Waals surface area contributed by atoms with Crippen molar-refractivity contribution in [3.63, 3.8) is 0 Å². The van der Waals surface area contributed by atoms with Gasteiger partial charge in [0, 0.05) is 0 Å². The first kappa shape index (κ1) is 20.2. The molecule has 0 fully saturated rings. The molecule has 0 N–H and O–H groups in total. The van der Waals surface area contributed by atoms with Gasteiger partial charge in [0.15, 0.2) is 0 Å². The molecule has 0 amide bonds. The molecule has 0 atom stereocenters. The molecule has 0 spiro atoms. The van der Waals surface area contributed by atoms with Crippen LogP contribution in [0.4, 0.5) is 0 Å². The van der Waals surface area contributed by atoms with Crippen LogP contribution in [0.2, 0.25) is 0 Å². The van der Waals surface area contributed by atoms with Crippen LogP contribution in [-0.2, 0) is 45.0 Å². The maximum Gasteiger partial charge on any atom is 1.00 e. The largest absolute Gasteiger partial charge is 1.00 e. The first-order valence-electron chi connectivity index (χ1n) is 5.57. The minimum Gasteiger partial charge on any atom is -0.873 e. The molecule has 0 bridgehead atoms. The molecule has 1 aromatic rings. The van der Waals surface area contributed by atoms with E-state index in [2.05, 4.69) is 0 Å². The van der Waals surface area contributed by atoms with E-state index < -0.39 is 0 Å². The van der Waals surface area contributed by atoms with Crippen molar-refractivity contribution in [2.45, 2.75) is 52.4 Å². The van der Waals surface area contributed by atoms with Crippen LogP contribution in [0.5, 0.6) is 11.5 Å². The van der Waals surface area contributed by atoms with Crippen molar-refractivity contribution in [1.82, 2.24) is 0 Å². The van der Waals surface area contributed by atoms with Crippen LogP contribution >= 0.6 is 0 Å². The molecule has 0 aliphatic heterocycles. The molecule has 0 radical (unpaired) electrons. The number of hydrogen-bond donors (Lipinski definition) is 0. The van der Waals surface area contributed by atoms with Crippen molar-refractivity contribution in [2.75, 3.05) is 0 Å². The standard InChI is InChI=1S/C14H22O2.2Cu/c1-13(2,3)9-7-8-10(14(4,5)6)12(16)11(9)15;;/h7-8,15-16H,1-6H3;;/q;2*+1/p-2. The summed E-state index contributed by atoms with van der Waals surface area (Å²) in [6.07, 6.45) is 0. The van der Waals surface area contributed by atoms with E-state index in [0.29, 0.717) is 11.1 Å². The summed E-state index contributed by atoms with van der Waals surface area (Å²) in [5.41, 5.74) is 0.662. The van der Waals surface area contributed by atoms with Gasteiger partial charge in [-0.1, -0.05) is 64.8 Å². The summed E-state index contributed by atoms with van der Waals surface area (Å²) in [7, 11) is 0. The predicted molar refractivity (Wildman–Crippen MR) is 62.7 cm³/mol. The summed E-state index contributed by atoms with van der Waals surface area (Å²) in [6, 6.07) is 3.59. The van der Waals surface area contributed by atoms with E-state index in [0.717, 1.165) is 0 Å². The Labute approximate surface area is 131 Å². The fourth-order valence-electron chi connectivity index (χ4n) is 1.74. The molecule has 0 unspecified atom stereocenters. The summed E-state index contributed by atoms with van der Waals surface area (Å²) in [4.78, 5) is 0. The van der Waals surface area contributed by atoms with Crippen molar-refractivity contribution >= 4 is 0 Å². The van der Waals surface area contributed by atoms with Gasteiger partial charge in [0.2, 0.25) is 0 Å². The first-order chi connectivity index (χ1) is 7.05. The molecule has 1 aromatic carbocycles. The van der Waals surface area contributed by atoms with Crippen LogP contribution in [-0.4, -0.2) is 0 Å². The number of hydrogen-bond acceptors (Lipinski definition) is 2.